The highest BCUT2D eigenvalue weighted by Gasteiger charge is 2.38. The SMILES string of the molecule is O=C(NC[C@@H]1CCN(CC(F)(F)F)C1)N1CCC[C@@H]2CCC[C@H]21. The summed E-state index contributed by atoms with van der Waals surface area (Å²) in [6.45, 7) is 1.35. The lowest BCUT2D eigenvalue weighted by atomic mass is 9.92. The second-order valence-electron chi connectivity index (χ2n) is 7.29. The van der Waals surface area contributed by atoms with Gasteiger partial charge in [-0.1, -0.05) is 6.42 Å². The van der Waals surface area contributed by atoms with Gasteiger partial charge in [0.2, 0.25) is 0 Å². The van der Waals surface area contributed by atoms with Crippen molar-refractivity contribution in [2.45, 2.75) is 50.7 Å². The zero-order valence-corrected chi connectivity index (χ0v) is 13.4. The molecule has 0 aromatic heterocycles. The number of rotatable bonds is 3. The van der Waals surface area contributed by atoms with Gasteiger partial charge in [-0.3, -0.25) is 4.90 Å². The van der Waals surface area contributed by atoms with Crippen LogP contribution in [-0.4, -0.2) is 60.8 Å². The minimum Gasteiger partial charge on any atom is -0.338 e. The van der Waals surface area contributed by atoms with Gasteiger partial charge < -0.3 is 10.2 Å². The van der Waals surface area contributed by atoms with Gasteiger partial charge in [-0.2, -0.15) is 13.2 Å². The maximum Gasteiger partial charge on any atom is 0.401 e. The normalized spacial score (nSPS) is 32.1. The molecule has 2 saturated heterocycles. The van der Waals surface area contributed by atoms with E-state index in [2.05, 4.69) is 5.32 Å². The number of halogens is 3. The van der Waals surface area contributed by atoms with Crippen LogP contribution in [0.15, 0.2) is 0 Å². The lowest BCUT2D eigenvalue weighted by Gasteiger charge is -2.37. The smallest absolute Gasteiger partial charge is 0.338 e. The number of likely N-dealkylation sites (tertiary alicyclic amines) is 2. The van der Waals surface area contributed by atoms with Gasteiger partial charge in [0, 0.05) is 25.7 Å². The Hall–Kier alpha value is -0.980. The van der Waals surface area contributed by atoms with Gasteiger partial charge in [0.05, 0.1) is 6.54 Å². The first-order chi connectivity index (χ1) is 10.9. The Morgan fingerprint density at radius 2 is 1.87 bits per heavy atom. The minimum atomic E-state index is -4.14. The number of fused-ring (bicyclic) bond motifs is 1. The van der Waals surface area contributed by atoms with Crippen molar-refractivity contribution in [3.05, 3.63) is 0 Å². The molecule has 7 heteroatoms. The summed E-state index contributed by atoms with van der Waals surface area (Å²) >= 11 is 0. The Kier molecular flexibility index (Phi) is 5.04. The largest absolute Gasteiger partial charge is 0.401 e. The summed E-state index contributed by atoms with van der Waals surface area (Å²) in [4.78, 5) is 15.8. The van der Waals surface area contributed by atoms with E-state index in [0.717, 1.165) is 25.8 Å². The van der Waals surface area contributed by atoms with Crippen LogP contribution in [0.4, 0.5) is 18.0 Å². The Morgan fingerprint density at radius 3 is 2.65 bits per heavy atom. The monoisotopic (exact) mass is 333 g/mol. The molecule has 0 unspecified atom stereocenters. The van der Waals surface area contributed by atoms with Gasteiger partial charge in [-0.25, -0.2) is 4.79 Å². The minimum absolute atomic E-state index is 0.0177. The molecule has 0 aromatic carbocycles. The fourth-order valence-corrected chi connectivity index (χ4v) is 4.52. The van der Waals surface area contributed by atoms with Crippen LogP contribution in [0.1, 0.15) is 38.5 Å². The number of carbonyl (C=O) groups is 1. The van der Waals surface area contributed by atoms with Crippen LogP contribution in [-0.2, 0) is 0 Å². The van der Waals surface area contributed by atoms with Crippen LogP contribution < -0.4 is 5.32 Å². The summed E-state index contributed by atoms with van der Waals surface area (Å²) in [5.41, 5.74) is 0. The van der Waals surface area contributed by atoms with Gasteiger partial charge in [0.1, 0.15) is 0 Å². The fourth-order valence-electron chi connectivity index (χ4n) is 4.52. The Morgan fingerprint density at radius 1 is 1.09 bits per heavy atom. The molecule has 132 valence electrons. The van der Waals surface area contributed by atoms with E-state index >= 15 is 0 Å². The molecular formula is C16H26F3N3O. The molecule has 1 aliphatic carbocycles. The predicted octanol–water partition coefficient (Wildman–Crippen LogP) is 2.84. The first kappa shape index (κ1) is 16.9. The standard InChI is InChI=1S/C16H26F3N3O/c17-16(18,19)11-21-8-6-12(10-21)9-20-15(23)22-7-2-4-13-3-1-5-14(13)22/h12-14H,1-11H2,(H,20,23)/t12-,13-,14+/m0/s1. The fraction of sp³-hybridized carbons (Fsp3) is 0.938. The highest BCUT2D eigenvalue weighted by atomic mass is 19.4. The first-order valence-corrected chi connectivity index (χ1v) is 8.76. The number of urea groups is 1. The van der Waals surface area contributed by atoms with E-state index in [4.69, 9.17) is 0 Å². The van der Waals surface area contributed by atoms with Crippen LogP contribution in [0.2, 0.25) is 0 Å². The third kappa shape index (κ3) is 4.31. The van der Waals surface area contributed by atoms with E-state index in [9.17, 15) is 18.0 Å². The molecule has 0 aromatic rings. The molecule has 0 bridgehead atoms. The van der Waals surface area contributed by atoms with Gasteiger partial charge in [-0.05, 0) is 50.5 Å². The van der Waals surface area contributed by atoms with Gasteiger partial charge in [0.25, 0.3) is 0 Å². The van der Waals surface area contributed by atoms with Gasteiger partial charge in [0.15, 0.2) is 0 Å². The molecule has 2 amide bonds. The zero-order valence-electron chi connectivity index (χ0n) is 13.4. The van der Waals surface area contributed by atoms with E-state index in [1.54, 1.807) is 0 Å². The van der Waals surface area contributed by atoms with E-state index in [-0.39, 0.29) is 11.9 Å². The van der Waals surface area contributed by atoms with Crippen molar-refractivity contribution >= 4 is 6.03 Å². The highest BCUT2D eigenvalue weighted by molar-refractivity contribution is 5.74. The number of carbonyl (C=O) groups excluding carboxylic acids is 1. The van der Waals surface area contributed by atoms with E-state index in [1.165, 1.54) is 24.2 Å². The van der Waals surface area contributed by atoms with E-state index in [0.29, 0.717) is 31.6 Å². The molecule has 4 nitrogen and oxygen atoms in total. The summed E-state index contributed by atoms with van der Waals surface area (Å²) in [5, 5.41) is 2.97. The third-order valence-corrected chi connectivity index (χ3v) is 5.57. The van der Waals surface area contributed by atoms with Crippen LogP contribution in [0.3, 0.4) is 0 Å². The van der Waals surface area contributed by atoms with Crippen molar-refractivity contribution in [2.24, 2.45) is 11.8 Å². The molecule has 2 heterocycles. The average Bonchev–Trinajstić information content (AvgIpc) is 3.11. The van der Waals surface area contributed by atoms with Crippen molar-refractivity contribution in [3.63, 3.8) is 0 Å². The molecule has 3 fully saturated rings. The third-order valence-electron chi connectivity index (χ3n) is 5.57. The van der Waals surface area contributed by atoms with Gasteiger partial charge >= 0.3 is 12.2 Å². The predicted molar refractivity (Wildman–Crippen MR) is 81.1 cm³/mol. The number of alkyl halides is 3. The lowest BCUT2D eigenvalue weighted by Crippen LogP contribution is -2.51. The Labute approximate surface area is 135 Å². The topological polar surface area (TPSA) is 35.6 Å². The van der Waals surface area contributed by atoms with Crippen molar-refractivity contribution in [3.8, 4) is 0 Å². The number of nitrogens with zero attached hydrogens (tertiary/aromatic N) is 2. The average molecular weight is 333 g/mol. The van der Waals surface area contributed by atoms with E-state index < -0.39 is 12.7 Å². The Balaban J connectivity index is 1.43. The summed E-state index contributed by atoms with van der Waals surface area (Å²) in [6.07, 6.45) is 2.41. The lowest BCUT2D eigenvalue weighted by molar-refractivity contribution is -0.143. The van der Waals surface area contributed by atoms with E-state index in [1.807, 2.05) is 4.90 Å². The zero-order chi connectivity index (χ0) is 16.4. The highest BCUT2D eigenvalue weighted by Crippen LogP contribution is 2.36. The molecule has 0 radical (unpaired) electrons. The number of hydrogen-bond acceptors (Lipinski definition) is 2. The molecule has 0 spiro atoms. The summed E-state index contributed by atoms with van der Waals surface area (Å²) in [6, 6.07) is 0.366. The number of nitrogens with one attached hydrogen (secondary N) is 1. The number of amides is 2. The number of piperidine rings is 1. The summed E-state index contributed by atoms with van der Waals surface area (Å²) in [7, 11) is 0. The van der Waals surface area contributed by atoms with Crippen molar-refractivity contribution < 1.29 is 18.0 Å². The maximum atomic E-state index is 12.4. The van der Waals surface area contributed by atoms with Crippen molar-refractivity contribution in [1.82, 2.24) is 15.1 Å². The molecule has 3 aliphatic rings. The van der Waals surface area contributed by atoms with Crippen LogP contribution >= 0.6 is 0 Å². The molecule has 3 atom stereocenters. The van der Waals surface area contributed by atoms with Crippen LogP contribution in [0, 0.1) is 11.8 Å². The summed E-state index contributed by atoms with van der Waals surface area (Å²) < 4.78 is 37.2. The maximum absolute atomic E-state index is 12.4. The van der Waals surface area contributed by atoms with Crippen LogP contribution in [0.5, 0.6) is 0 Å². The quantitative estimate of drug-likeness (QED) is 0.862. The Bertz CT molecular complexity index is 429. The van der Waals surface area contributed by atoms with Crippen LogP contribution in [0.25, 0.3) is 0 Å². The van der Waals surface area contributed by atoms with Crippen molar-refractivity contribution in [1.29, 1.82) is 0 Å². The second kappa shape index (κ2) is 6.87. The molecule has 2 aliphatic heterocycles. The molecule has 1 saturated carbocycles. The molecule has 23 heavy (non-hydrogen) atoms. The first-order valence-electron chi connectivity index (χ1n) is 8.76. The van der Waals surface area contributed by atoms with Gasteiger partial charge in [-0.15, -0.1) is 0 Å². The molecular weight excluding hydrogens is 307 g/mol. The molecule has 3 rings (SSSR count). The summed E-state index contributed by atoms with van der Waals surface area (Å²) in [5.74, 6) is 0.786. The molecule has 1 N–H and O–H groups in total. The number of hydrogen-bond donors (Lipinski definition) is 1. The second-order valence-corrected chi connectivity index (χ2v) is 7.29. The van der Waals surface area contributed by atoms with Crippen molar-refractivity contribution in [2.75, 3.05) is 32.7 Å².